The molecule has 0 bridgehead atoms. The van der Waals surface area contributed by atoms with E-state index in [1.807, 2.05) is 36.4 Å². The average Bonchev–Trinajstić information content (AvgIpc) is 3.08. The lowest BCUT2D eigenvalue weighted by atomic mass is 9.88. The Morgan fingerprint density at radius 1 is 0.719 bits per heavy atom. The molecule has 2 nitrogen and oxygen atoms in total. The van der Waals surface area contributed by atoms with Gasteiger partial charge in [-0.25, -0.2) is 0 Å². The highest BCUT2D eigenvalue weighted by molar-refractivity contribution is 5.80. The van der Waals surface area contributed by atoms with Crippen LogP contribution in [0.25, 0.3) is 11.1 Å². The van der Waals surface area contributed by atoms with Crippen molar-refractivity contribution in [1.29, 1.82) is 0 Å². The molecule has 32 heavy (non-hydrogen) atoms. The quantitative estimate of drug-likeness (QED) is 0.485. The maximum atomic E-state index is 11.7. The highest BCUT2D eigenvalue weighted by Gasteiger charge is 2.40. The van der Waals surface area contributed by atoms with Crippen molar-refractivity contribution >= 4 is 0 Å². The first-order valence-corrected chi connectivity index (χ1v) is 11.5. The first-order valence-electron chi connectivity index (χ1n) is 11.5. The molecule has 3 aromatic rings. The number of rotatable bonds is 4. The summed E-state index contributed by atoms with van der Waals surface area (Å²) in [6.07, 6.45) is 4.32. The van der Waals surface area contributed by atoms with Crippen LogP contribution in [0.2, 0.25) is 0 Å². The van der Waals surface area contributed by atoms with Crippen LogP contribution in [0, 0.1) is 11.8 Å². The molecule has 164 valence electrons. The molecule has 0 radical (unpaired) electrons. The first kappa shape index (κ1) is 22.6. The van der Waals surface area contributed by atoms with Crippen LogP contribution in [-0.4, -0.2) is 29.2 Å². The monoisotopic (exact) mass is 443 g/mol. The maximum Gasteiger partial charge on any atom is 0.141 e. The third kappa shape index (κ3) is 4.21. The van der Waals surface area contributed by atoms with E-state index in [0.29, 0.717) is 6.42 Å². The molecule has 0 aromatic heterocycles. The Bertz CT molecular complexity index is 1080. The Morgan fingerprint density at radius 2 is 1.28 bits per heavy atom. The van der Waals surface area contributed by atoms with Gasteiger partial charge >= 0.3 is 0 Å². The summed E-state index contributed by atoms with van der Waals surface area (Å²) < 4.78 is 1.04. The van der Waals surface area contributed by atoms with Gasteiger partial charge in [0.2, 0.25) is 0 Å². The molecule has 0 saturated carbocycles. The Balaban J connectivity index is 0.00000245. The molecule has 1 aliphatic carbocycles. The van der Waals surface area contributed by atoms with Crippen molar-refractivity contribution in [2.24, 2.45) is 0 Å². The van der Waals surface area contributed by atoms with Gasteiger partial charge in [-0.3, -0.25) is 0 Å². The fourth-order valence-corrected chi connectivity index (χ4v) is 5.43. The van der Waals surface area contributed by atoms with E-state index in [1.54, 1.807) is 0 Å². The van der Waals surface area contributed by atoms with E-state index in [9.17, 15) is 5.11 Å². The number of aliphatic hydroxyl groups is 1. The summed E-state index contributed by atoms with van der Waals surface area (Å²) in [5.41, 5.74) is 4.60. The van der Waals surface area contributed by atoms with Crippen LogP contribution >= 0.6 is 0 Å². The van der Waals surface area contributed by atoms with Gasteiger partial charge in [0.05, 0.1) is 13.1 Å². The summed E-state index contributed by atoms with van der Waals surface area (Å²) in [7, 11) is 0. The second-order valence-corrected chi connectivity index (χ2v) is 9.13. The molecule has 1 heterocycles. The van der Waals surface area contributed by atoms with Crippen LogP contribution in [0.4, 0.5) is 0 Å². The molecule has 0 spiro atoms. The third-order valence-corrected chi connectivity index (χ3v) is 7.04. The molecule has 1 saturated heterocycles. The van der Waals surface area contributed by atoms with Crippen molar-refractivity contribution in [2.75, 3.05) is 19.6 Å². The molecular formula is C29H30ClNO. The number of piperidine rings is 1. The molecule has 0 atom stereocenters. The fourth-order valence-electron chi connectivity index (χ4n) is 5.43. The Morgan fingerprint density at radius 3 is 1.91 bits per heavy atom. The first-order chi connectivity index (χ1) is 15.2. The lowest BCUT2D eigenvalue weighted by Crippen LogP contribution is -3.00. The highest BCUT2D eigenvalue weighted by atomic mass is 35.5. The topological polar surface area (TPSA) is 20.2 Å². The number of nitrogens with zero attached hydrogens (tertiary/aromatic N) is 1. The molecule has 5 rings (SSSR count). The van der Waals surface area contributed by atoms with Gasteiger partial charge in [-0.15, -0.1) is 0 Å². The third-order valence-electron chi connectivity index (χ3n) is 7.04. The standard InChI is InChI=1S/C29H30NO.ClH/c31-29(27-17-7-5-15-25(27)26-16-6-8-18-28(26)29)19-9-12-22-30(20-10-2-11-21-30)23-24-13-3-1-4-14-24;/h1,3-8,13-18,31H,2,10-11,19-23H2;1H/q+1;/p-1. The summed E-state index contributed by atoms with van der Waals surface area (Å²) in [5, 5.41) is 11.7. The zero-order valence-corrected chi connectivity index (χ0v) is 19.2. The van der Waals surface area contributed by atoms with Crippen LogP contribution in [0.15, 0.2) is 78.9 Å². The van der Waals surface area contributed by atoms with Crippen LogP contribution < -0.4 is 12.4 Å². The predicted molar refractivity (Wildman–Crippen MR) is 126 cm³/mol. The van der Waals surface area contributed by atoms with Crippen molar-refractivity contribution in [2.45, 2.75) is 37.8 Å². The van der Waals surface area contributed by atoms with Crippen LogP contribution in [0.3, 0.4) is 0 Å². The number of benzene rings is 3. The molecule has 3 aromatic carbocycles. The van der Waals surface area contributed by atoms with Gasteiger partial charge in [-0.2, -0.15) is 0 Å². The van der Waals surface area contributed by atoms with Crippen molar-refractivity contribution in [1.82, 2.24) is 0 Å². The van der Waals surface area contributed by atoms with Crippen LogP contribution in [0.5, 0.6) is 0 Å². The van der Waals surface area contributed by atoms with Crippen molar-refractivity contribution in [3.05, 3.63) is 95.6 Å². The zero-order valence-electron chi connectivity index (χ0n) is 18.4. The van der Waals surface area contributed by atoms with Crippen molar-refractivity contribution in [3.63, 3.8) is 0 Å². The molecule has 1 fully saturated rings. The van der Waals surface area contributed by atoms with Gasteiger partial charge in [0.1, 0.15) is 18.7 Å². The summed E-state index contributed by atoms with van der Waals surface area (Å²) in [5.74, 6) is 6.88. The van der Waals surface area contributed by atoms with E-state index in [0.717, 1.165) is 39.8 Å². The second-order valence-electron chi connectivity index (χ2n) is 9.13. The lowest BCUT2D eigenvalue weighted by molar-refractivity contribution is -0.938. The van der Waals surface area contributed by atoms with E-state index < -0.39 is 5.60 Å². The summed E-state index contributed by atoms with van der Waals surface area (Å²) >= 11 is 0. The Hall–Kier alpha value is -2.57. The summed E-state index contributed by atoms with van der Waals surface area (Å²) in [6, 6.07) is 27.2. The van der Waals surface area contributed by atoms with E-state index in [2.05, 4.69) is 54.3 Å². The molecule has 2 aliphatic rings. The van der Waals surface area contributed by atoms with Crippen molar-refractivity contribution < 1.29 is 22.0 Å². The van der Waals surface area contributed by atoms with Gasteiger partial charge < -0.3 is 22.0 Å². The number of likely N-dealkylation sites (tertiary alicyclic amines) is 1. The van der Waals surface area contributed by atoms with Crippen molar-refractivity contribution in [3.8, 4) is 23.0 Å². The summed E-state index contributed by atoms with van der Waals surface area (Å²) in [4.78, 5) is 0. The zero-order chi connectivity index (χ0) is 21.2. The number of hydrogen-bond acceptors (Lipinski definition) is 1. The molecule has 0 unspecified atom stereocenters. The normalized spacial score (nSPS) is 17.3. The number of halogens is 1. The molecule has 0 amide bonds. The van der Waals surface area contributed by atoms with Crippen LogP contribution in [0.1, 0.15) is 42.4 Å². The Labute approximate surface area is 197 Å². The largest absolute Gasteiger partial charge is 1.00 e. The predicted octanol–water partition coefficient (Wildman–Crippen LogP) is 2.50. The van der Waals surface area contributed by atoms with Gasteiger partial charge in [-0.1, -0.05) is 84.8 Å². The number of hydrogen-bond donors (Lipinski definition) is 1. The minimum Gasteiger partial charge on any atom is -1.00 e. The lowest BCUT2D eigenvalue weighted by Gasteiger charge is -2.40. The molecular weight excluding hydrogens is 414 g/mol. The molecule has 3 heteroatoms. The molecule has 1 aliphatic heterocycles. The van der Waals surface area contributed by atoms with Gasteiger partial charge in [0, 0.05) is 12.0 Å². The van der Waals surface area contributed by atoms with Crippen LogP contribution in [-0.2, 0) is 12.1 Å². The SMILES string of the molecule is OC1(CC#CC[N+]2(Cc3ccccc3)CCCCC2)c2ccccc2-c2ccccc21.[Cl-]. The number of fused-ring (bicyclic) bond motifs is 3. The molecule has 1 N–H and O–H groups in total. The van der Waals surface area contributed by atoms with E-state index in [4.69, 9.17) is 0 Å². The van der Waals surface area contributed by atoms with E-state index in [-0.39, 0.29) is 12.4 Å². The fraction of sp³-hybridized carbons (Fsp3) is 0.310. The second kappa shape index (κ2) is 9.51. The highest BCUT2D eigenvalue weighted by Crippen LogP contribution is 2.48. The van der Waals surface area contributed by atoms with Gasteiger partial charge in [0.25, 0.3) is 0 Å². The smallest absolute Gasteiger partial charge is 0.141 e. The summed E-state index contributed by atoms with van der Waals surface area (Å²) in [6.45, 7) is 4.29. The average molecular weight is 444 g/mol. The minimum atomic E-state index is -1.02. The number of quaternary nitrogens is 1. The van der Waals surface area contributed by atoms with E-state index in [1.165, 1.54) is 37.9 Å². The Kier molecular flexibility index (Phi) is 6.72. The van der Waals surface area contributed by atoms with Gasteiger partial charge in [-0.05, 0) is 47.4 Å². The minimum absolute atomic E-state index is 0. The van der Waals surface area contributed by atoms with Gasteiger partial charge in [0.15, 0.2) is 0 Å². The maximum absolute atomic E-state index is 11.7. The van der Waals surface area contributed by atoms with E-state index >= 15 is 0 Å².